The molecule has 1 fully saturated rings. The Morgan fingerprint density at radius 3 is 2.91 bits per heavy atom. The van der Waals surface area contributed by atoms with Gasteiger partial charge in [-0.05, 0) is 43.9 Å². The van der Waals surface area contributed by atoms with Crippen LogP contribution in [0.25, 0.3) is 0 Å². The minimum atomic E-state index is -0.464. The normalized spacial score (nSPS) is 20.4. The number of hydrogen-bond acceptors (Lipinski definition) is 3. The number of carbonyl (C=O) groups excluding carboxylic acids is 2. The first-order valence-electron chi connectivity index (χ1n) is 8.26. The Labute approximate surface area is 136 Å². The van der Waals surface area contributed by atoms with Crippen molar-refractivity contribution in [1.82, 2.24) is 10.6 Å². The molecule has 1 aromatic carbocycles. The van der Waals surface area contributed by atoms with Crippen LogP contribution < -0.4 is 20.7 Å². The summed E-state index contributed by atoms with van der Waals surface area (Å²) in [5.41, 5.74) is 1.74. The molecule has 6 heteroatoms. The Bertz CT molecular complexity index is 597. The van der Waals surface area contributed by atoms with Gasteiger partial charge in [0, 0.05) is 12.6 Å². The second-order valence-electron chi connectivity index (χ2n) is 6.21. The van der Waals surface area contributed by atoms with Gasteiger partial charge in [0.25, 0.3) is 5.91 Å². The Balaban J connectivity index is 1.48. The van der Waals surface area contributed by atoms with E-state index in [2.05, 4.69) is 16.0 Å². The van der Waals surface area contributed by atoms with E-state index in [1.807, 2.05) is 18.2 Å². The average molecular weight is 317 g/mol. The molecular weight excluding hydrogens is 294 g/mol. The van der Waals surface area contributed by atoms with Gasteiger partial charge in [0.05, 0.1) is 5.69 Å². The molecule has 1 heterocycles. The molecule has 6 nitrogen and oxygen atoms in total. The van der Waals surface area contributed by atoms with Crippen LogP contribution in [0.4, 0.5) is 10.5 Å². The largest absolute Gasteiger partial charge is 0.479 e. The van der Waals surface area contributed by atoms with Crippen LogP contribution in [0.5, 0.6) is 5.75 Å². The number of carbonyl (C=O) groups is 2. The number of benzene rings is 1. The highest BCUT2D eigenvalue weighted by Gasteiger charge is 2.23. The fourth-order valence-corrected chi connectivity index (χ4v) is 3.04. The summed E-state index contributed by atoms with van der Waals surface area (Å²) in [5.74, 6) is 0.552. The SMILES string of the molecule is CC1Oc2ccc(CCNC(=O)NC3CCCC3)cc2NC1=O. The Morgan fingerprint density at radius 2 is 2.13 bits per heavy atom. The molecule has 0 bridgehead atoms. The lowest BCUT2D eigenvalue weighted by molar-refractivity contribution is -0.122. The standard InChI is InChI=1S/C17H23N3O3/c1-11-16(21)20-14-10-12(6-7-15(14)23-11)8-9-18-17(22)19-13-4-2-3-5-13/h6-7,10-11,13H,2-5,8-9H2,1H3,(H,20,21)(H2,18,19,22). The summed E-state index contributed by atoms with van der Waals surface area (Å²) < 4.78 is 5.52. The van der Waals surface area contributed by atoms with Gasteiger partial charge in [-0.25, -0.2) is 4.79 Å². The summed E-state index contributed by atoms with van der Waals surface area (Å²) in [5, 5.41) is 8.72. The molecular formula is C17H23N3O3. The number of amides is 3. The van der Waals surface area contributed by atoms with E-state index in [4.69, 9.17) is 4.74 Å². The minimum Gasteiger partial charge on any atom is -0.479 e. The predicted octanol–water partition coefficient (Wildman–Crippen LogP) is 2.19. The lowest BCUT2D eigenvalue weighted by Crippen LogP contribution is -2.41. The van der Waals surface area contributed by atoms with Crippen molar-refractivity contribution in [2.75, 3.05) is 11.9 Å². The number of rotatable bonds is 4. The molecule has 1 aromatic rings. The van der Waals surface area contributed by atoms with Crippen molar-refractivity contribution >= 4 is 17.6 Å². The van der Waals surface area contributed by atoms with Crippen LogP contribution in [0.15, 0.2) is 18.2 Å². The summed E-state index contributed by atoms with van der Waals surface area (Å²) in [6.07, 6.45) is 4.80. The molecule has 0 radical (unpaired) electrons. The first-order chi connectivity index (χ1) is 11.1. The third-order valence-electron chi connectivity index (χ3n) is 4.36. The number of nitrogens with one attached hydrogen (secondary N) is 3. The van der Waals surface area contributed by atoms with E-state index < -0.39 is 6.10 Å². The van der Waals surface area contributed by atoms with Gasteiger partial charge in [0.1, 0.15) is 5.75 Å². The van der Waals surface area contributed by atoms with E-state index in [0.29, 0.717) is 30.4 Å². The van der Waals surface area contributed by atoms with Crippen molar-refractivity contribution in [3.05, 3.63) is 23.8 Å². The maximum atomic E-state index is 11.8. The molecule has 1 atom stereocenters. The average Bonchev–Trinajstić information content (AvgIpc) is 3.01. The highest BCUT2D eigenvalue weighted by atomic mass is 16.5. The number of fused-ring (bicyclic) bond motifs is 1. The minimum absolute atomic E-state index is 0.0969. The van der Waals surface area contributed by atoms with Crippen LogP contribution in [0, 0.1) is 0 Å². The van der Waals surface area contributed by atoms with Gasteiger partial charge in [-0.2, -0.15) is 0 Å². The maximum Gasteiger partial charge on any atom is 0.315 e. The summed E-state index contributed by atoms with van der Waals surface area (Å²) in [7, 11) is 0. The fourth-order valence-electron chi connectivity index (χ4n) is 3.04. The van der Waals surface area contributed by atoms with Crippen molar-refractivity contribution in [2.45, 2.75) is 51.2 Å². The fraction of sp³-hybridized carbons (Fsp3) is 0.529. The summed E-state index contributed by atoms with van der Waals surface area (Å²) in [4.78, 5) is 23.4. The molecule has 3 rings (SSSR count). The zero-order valence-corrected chi connectivity index (χ0v) is 13.4. The van der Waals surface area contributed by atoms with Gasteiger partial charge in [-0.15, -0.1) is 0 Å². The smallest absolute Gasteiger partial charge is 0.315 e. The molecule has 0 spiro atoms. The highest BCUT2D eigenvalue weighted by molar-refractivity contribution is 5.97. The first-order valence-corrected chi connectivity index (χ1v) is 8.26. The van der Waals surface area contributed by atoms with E-state index in [9.17, 15) is 9.59 Å². The number of anilines is 1. The van der Waals surface area contributed by atoms with Crippen molar-refractivity contribution in [2.24, 2.45) is 0 Å². The molecule has 1 aliphatic heterocycles. The van der Waals surface area contributed by atoms with Gasteiger partial charge < -0.3 is 20.7 Å². The maximum absolute atomic E-state index is 11.8. The Hall–Kier alpha value is -2.24. The van der Waals surface area contributed by atoms with Gasteiger partial charge in [-0.3, -0.25) is 4.79 Å². The van der Waals surface area contributed by atoms with Gasteiger partial charge in [0.2, 0.25) is 0 Å². The number of urea groups is 1. The van der Waals surface area contributed by atoms with Crippen LogP contribution >= 0.6 is 0 Å². The van der Waals surface area contributed by atoms with Gasteiger partial charge >= 0.3 is 6.03 Å². The van der Waals surface area contributed by atoms with Crippen LogP contribution in [0.1, 0.15) is 38.2 Å². The highest BCUT2D eigenvalue weighted by Crippen LogP contribution is 2.30. The van der Waals surface area contributed by atoms with E-state index >= 15 is 0 Å². The molecule has 1 saturated carbocycles. The Morgan fingerprint density at radius 1 is 1.35 bits per heavy atom. The first kappa shape index (κ1) is 15.6. The topological polar surface area (TPSA) is 79.5 Å². The van der Waals surface area contributed by atoms with Gasteiger partial charge in [-0.1, -0.05) is 18.9 Å². The zero-order chi connectivity index (χ0) is 16.2. The lowest BCUT2D eigenvalue weighted by Gasteiger charge is -2.23. The van der Waals surface area contributed by atoms with Crippen molar-refractivity contribution in [1.29, 1.82) is 0 Å². The lowest BCUT2D eigenvalue weighted by atomic mass is 10.1. The van der Waals surface area contributed by atoms with E-state index in [1.165, 1.54) is 12.8 Å². The molecule has 23 heavy (non-hydrogen) atoms. The van der Waals surface area contributed by atoms with Gasteiger partial charge in [0.15, 0.2) is 6.10 Å². The predicted molar refractivity (Wildman–Crippen MR) is 87.7 cm³/mol. The van der Waals surface area contributed by atoms with E-state index in [-0.39, 0.29) is 11.9 Å². The molecule has 0 saturated heterocycles. The molecule has 3 N–H and O–H groups in total. The third kappa shape index (κ3) is 3.94. The quantitative estimate of drug-likeness (QED) is 0.796. The van der Waals surface area contributed by atoms with Crippen molar-refractivity contribution in [3.8, 4) is 5.75 Å². The monoisotopic (exact) mass is 317 g/mol. The summed E-state index contributed by atoms with van der Waals surface area (Å²) in [6, 6.07) is 5.95. The molecule has 3 amide bonds. The van der Waals surface area contributed by atoms with Crippen LogP contribution in [0.3, 0.4) is 0 Å². The summed E-state index contributed by atoms with van der Waals surface area (Å²) in [6.45, 7) is 2.28. The second kappa shape index (κ2) is 6.89. The zero-order valence-electron chi connectivity index (χ0n) is 13.4. The molecule has 2 aliphatic rings. The molecule has 1 unspecified atom stereocenters. The summed E-state index contributed by atoms with van der Waals surface area (Å²) >= 11 is 0. The number of ether oxygens (including phenoxy) is 1. The third-order valence-corrected chi connectivity index (χ3v) is 4.36. The number of hydrogen-bond donors (Lipinski definition) is 3. The Kier molecular flexibility index (Phi) is 4.69. The second-order valence-corrected chi connectivity index (χ2v) is 6.21. The van der Waals surface area contributed by atoms with Crippen molar-refractivity contribution in [3.63, 3.8) is 0 Å². The van der Waals surface area contributed by atoms with E-state index in [0.717, 1.165) is 18.4 Å². The van der Waals surface area contributed by atoms with E-state index in [1.54, 1.807) is 6.92 Å². The van der Waals surface area contributed by atoms with Crippen LogP contribution in [-0.2, 0) is 11.2 Å². The molecule has 124 valence electrons. The van der Waals surface area contributed by atoms with Crippen LogP contribution in [-0.4, -0.2) is 30.6 Å². The van der Waals surface area contributed by atoms with Crippen LogP contribution in [0.2, 0.25) is 0 Å². The molecule has 1 aliphatic carbocycles. The molecule has 0 aromatic heterocycles. The van der Waals surface area contributed by atoms with Crippen molar-refractivity contribution < 1.29 is 14.3 Å².